The van der Waals surface area contributed by atoms with Gasteiger partial charge in [-0.25, -0.2) is 0 Å². The zero-order valence-electron chi connectivity index (χ0n) is 18.2. The second-order valence-corrected chi connectivity index (χ2v) is 9.95. The quantitative estimate of drug-likeness (QED) is 0.315. The van der Waals surface area contributed by atoms with E-state index in [4.69, 9.17) is 16.0 Å². The first-order valence-corrected chi connectivity index (χ1v) is 11.8. The number of aromatic nitrogens is 3. The van der Waals surface area contributed by atoms with Crippen LogP contribution in [0.25, 0.3) is 21.5 Å². The third-order valence-electron chi connectivity index (χ3n) is 5.53. The van der Waals surface area contributed by atoms with Crippen LogP contribution in [0, 0.1) is 13.8 Å². The molecule has 158 valence electrons. The summed E-state index contributed by atoms with van der Waals surface area (Å²) in [6.07, 6.45) is 2.63. The lowest BCUT2D eigenvalue weighted by molar-refractivity contribution is 0.390. The van der Waals surface area contributed by atoms with E-state index >= 15 is 0 Å². The molecule has 0 atom stereocenters. The standard InChI is InChI=1S/C24H28ClN3OS/c1-6-7-20-27-28-23(29-20)24(4,5)19-13-18-17(8-9-25)21(26-22(18)30-19)16-11-14(2)10-15(3)12-16/h10-13,26H,6-9H2,1-5H3. The van der Waals surface area contributed by atoms with Crippen molar-refractivity contribution in [3.63, 3.8) is 0 Å². The Morgan fingerprint density at radius 1 is 1.07 bits per heavy atom. The lowest BCUT2D eigenvalue weighted by Crippen LogP contribution is -2.17. The number of halogens is 1. The normalized spacial score (nSPS) is 12.2. The number of rotatable bonds is 7. The van der Waals surface area contributed by atoms with Gasteiger partial charge in [-0.15, -0.1) is 33.1 Å². The first-order valence-electron chi connectivity index (χ1n) is 10.5. The summed E-state index contributed by atoms with van der Waals surface area (Å²) in [5, 5.41) is 9.80. The minimum Gasteiger partial charge on any atom is -0.424 e. The molecule has 0 saturated carbocycles. The topological polar surface area (TPSA) is 54.7 Å². The molecule has 4 nitrogen and oxygen atoms in total. The molecule has 1 N–H and O–H groups in total. The van der Waals surface area contributed by atoms with Crippen LogP contribution in [0.15, 0.2) is 28.7 Å². The summed E-state index contributed by atoms with van der Waals surface area (Å²) < 4.78 is 5.97. The molecule has 0 aliphatic rings. The SMILES string of the molecule is CCCc1nnc(C(C)(C)c2cc3c(CCCl)c(-c4cc(C)cc(C)c4)[nH]c3s2)o1. The van der Waals surface area contributed by atoms with Crippen molar-refractivity contribution in [2.45, 2.75) is 59.3 Å². The molecule has 1 aromatic carbocycles. The lowest BCUT2D eigenvalue weighted by atomic mass is 9.91. The average Bonchev–Trinajstić information content (AvgIpc) is 3.37. The maximum absolute atomic E-state index is 6.20. The number of benzene rings is 1. The van der Waals surface area contributed by atoms with E-state index in [-0.39, 0.29) is 5.41 Å². The summed E-state index contributed by atoms with van der Waals surface area (Å²) >= 11 is 7.96. The minimum absolute atomic E-state index is 0.345. The van der Waals surface area contributed by atoms with Gasteiger partial charge >= 0.3 is 0 Å². The van der Waals surface area contributed by atoms with Crippen LogP contribution in [-0.4, -0.2) is 21.1 Å². The number of nitrogens with zero attached hydrogens (tertiary/aromatic N) is 2. The minimum atomic E-state index is -0.345. The van der Waals surface area contributed by atoms with Crippen molar-refractivity contribution in [2.75, 3.05) is 5.88 Å². The van der Waals surface area contributed by atoms with Crippen molar-refractivity contribution < 1.29 is 4.42 Å². The van der Waals surface area contributed by atoms with Crippen molar-refractivity contribution in [1.29, 1.82) is 0 Å². The maximum Gasteiger partial charge on any atom is 0.227 e. The molecule has 4 aromatic rings. The van der Waals surface area contributed by atoms with Gasteiger partial charge in [-0.2, -0.15) is 0 Å². The van der Waals surface area contributed by atoms with Gasteiger partial charge in [0, 0.05) is 22.6 Å². The van der Waals surface area contributed by atoms with Crippen molar-refractivity contribution >= 4 is 33.2 Å². The summed E-state index contributed by atoms with van der Waals surface area (Å²) in [4.78, 5) is 6.06. The third-order valence-corrected chi connectivity index (χ3v) is 7.10. The van der Waals surface area contributed by atoms with E-state index in [1.54, 1.807) is 11.3 Å². The van der Waals surface area contributed by atoms with Crippen LogP contribution in [-0.2, 0) is 18.3 Å². The predicted octanol–water partition coefficient (Wildman–Crippen LogP) is 6.96. The first kappa shape index (κ1) is 21.1. The van der Waals surface area contributed by atoms with Gasteiger partial charge in [0.15, 0.2) is 0 Å². The van der Waals surface area contributed by atoms with Crippen LogP contribution in [0.4, 0.5) is 0 Å². The number of hydrogen-bond acceptors (Lipinski definition) is 4. The summed E-state index contributed by atoms with van der Waals surface area (Å²) in [6, 6.07) is 8.94. The van der Waals surface area contributed by atoms with E-state index in [9.17, 15) is 0 Å². The molecular formula is C24H28ClN3OS. The second kappa shape index (κ2) is 8.20. The summed E-state index contributed by atoms with van der Waals surface area (Å²) in [5.41, 5.74) is 5.86. The predicted molar refractivity (Wildman–Crippen MR) is 126 cm³/mol. The van der Waals surface area contributed by atoms with Crippen LogP contribution in [0.5, 0.6) is 0 Å². The van der Waals surface area contributed by atoms with Crippen molar-refractivity contribution in [2.24, 2.45) is 0 Å². The average molecular weight is 442 g/mol. The van der Waals surface area contributed by atoms with E-state index in [1.165, 1.54) is 43.0 Å². The number of hydrogen-bond donors (Lipinski definition) is 1. The fourth-order valence-corrected chi connectivity index (χ4v) is 5.36. The van der Waals surface area contributed by atoms with Crippen LogP contribution in [0.2, 0.25) is 0 Å². The molecule has 0 radical (unpaired) electrons. The van der Waals surface area contributed by atoms with Gasteiger partial charge in [0.25, 0.3) is 0 Å². The molecule has 0 amide bonds. The van der Waals surface area contributed by atoms with Gasteiger partial charge in [-0.3, -0.25) is 0 Å². The molecule has 0 fully saturated rings. The first-order chi connectivity index (χ1) is 14.3. The van der Waals surface area contributed by atoms with Crippen LogP contribution in [0.1, 0.15) is 60.5 Å². The zero-order chi connectivity index (χ0) is 21.5. The highest BCUT2D eigenvalue weighted by molar-refractivity contribution is 7.18. The summed E-state index contributed by atoms with van der Waals surface area (Å²) in [6.45, 7) is 10.7. The molecule has 0 bridgehead atoms. The fraction of sp³-hybridized carbons (Fsp3) is 0.417. The van der Waals surface area contributed by atoms with E-state index in [1.807, 2.05) is 0 Å². The molecule has 3 aromatic heterocycles. The van der Waals surface area contributed by atoms with Crippen LogP contribution >= 0.6 is 22.9 Å². The van der Waals surface area contributed by atoms with Gasteiger partial charge in [-0.1, -0.05) is 24.1 Å². The zero-order valence-corrected chi connectivity index (χ0v) is 19.8. The third kappa shape index (κ3) is 3.81. The van der Waals surface area contributed by atoms with E-state index in [2.05, 4.69) is 74.1 Å². The molecule has 0 aliphatic carbocycles. The largest absolute Gasteiger partial charge is 0.424 e. The molecule has 6 heteroatoms. The van der Waals surface area contributed by atoms with E-state index in [0.29, 0.717) is 17.7 Å². The van der Waals surface area contributed by atoms with Crippen molar-refractivity contribution in [3.8, 4) is 11.3 Å². The Morgan fingerprint density at radius 3 is 2.47 bits per heavy atom. The second-order valence-electron chi connectivity index (χ2n) is 8.52. The number of H-pyrrole nitrogens is 1. The van der Waals surface area contributed by atoms with Gasteiger partial charge in [-0.05, 0) is 69.9 Å². The molecule has 3 heterocycles. The lowest BCUT2D eigenvalue weighted by Gasteiger charge is -2.18. The highest BCUT2D eigenvalue weighted by Gasteiger charge is 2.32. The summed E-state index contributed by atoms with van der Waals surface area (Å²) in [5.74, 6) is 1.97. The van der Waals surface area contributed by atoms with Crippen LogP contribution in [0.3, 0.4) is 0 Å². The molecule has 0 spiro atoms. The van der Waals surface area contributed by atoms with Gasteiger partial charge in [0.05, 0.1) is 11.1 Å². The maximum atomic E-state index is 6.20. The number of nitrogens with one attached hydrogen (secondary N) is 1. The number of fused-ring (bicyclic) bond motifs is 1. The smallest absolute Gasteiger partial charge is 0.227 e. The highest BCUT2D eigenvalue weighted by Crippen LogP contribution is 2.42. The molecule has 0 saturated heterocycles. The monoisotopic (exact) mass is 441 g/mol. The Balaban J connectivity index is 1.79. The van der Waals surface area contributed by atoms with Crippen molar-refractivity contribution in [3.05, 3.63) is 57.6 Å². The van der Waals surface area contributed by atoms with Gasteiger partial charge < -0.3 is 9.40 Å². The van der Waals surface area contributed by atoms with Crippen molar-refractivity contribution in [1.82, 2.24) is 15.2 Å². The number of alkyl halides is 1. The Morgan fingerprint density at radius 2 is 1.80 bits per heavy atom. The highest BCUT2D eigenvalue weighted by atomic mass is 35.5. The van der Waals surface area contributed by atoms with E-state index < -0.39 is 0 Å². The molecule has 0 unspecified atom stereocenters. The molecule has 0 aliphatic heterocycles. The number of thiophene rings is 1. The van der Waals surface area contributed by atoms with Gasteiger partial charge in [0.1, 0.15) is 4.83 Å². The number of aromatic amines is 1. The fourth-order valence-electron chi connectivity index (χ4n) is 3.99. The Kier molecular flexibility index (Phi) is 5.78. The molecule has 30 heavy (non-hydrogen) atoms. The molecular weight excluding hydrogens is 414 g/mol. The van der Waals surface area contributed by atoms with Gasteiger partial charge in [0.2, 0.25) is 11.8 Å². The Labute approximate surface area is 186 Å². The Bertz CT molecular complexity index is 1160. The van der Waals surface area contributed by atoms with Crippen LogP contribution < -0.4 is 0 Å². The Hall–Kier alpha value is -2.11. The molecule has 4 rings (SSSR count). The number of aryl methyl sites for hydroxylation is 4. The summed E-state index contributed by atoms with van der Waals surface area (Å²) in [7, 11) is 0. The van der Waals surface area contributed by atoms with E-state index in [0.717, 1.165) is 19.3 Å².